The van der Waals surface area contributed by atoms with Crippen molar-refractivity contribution in [2.75, 3.05) is 39.3 Å². The van der Waals surface area contributed by atoms with E-state index in [1.54, 1.807) is 0 Å². The van der Waals surface area contributed by atoms with Crippen molar-refractivity contribution in [1.29, 1.82) is 0 Å². The van der Waals surface area contributed by atoms with E-state index in [4.69, 9.17) is 0 Å². The van der Waals surface area contributed by atoms with Gasteiger partial charge in [0.15, 0.2) is 0 Å². The molecular weight excluding hydrogens is 312 g/mol. The van der Waals surface area contributed by atoms with Crippen LogP contribution in [0.1, 0.15) is 12.0 Å². The molecule has 1 aromatic carbocycles. The van der Waals surface area contributed by atoms with Crippen LogP contribution in [0, 0.1) is 0 Å². The monoisotopic (exact) mass is 336 g/mol. The predicted octanol–water partition coefficient (Wildman–Crippen LogP) is 0.870. The van der Waals surface area contributed by atoms with Gasteiger partial charge in [0.2, 0.25) is 0 Å². The Morgan fingerprint density at radius 2 is 2.04 bits per heavy atom. The van der Waals surface area contributed by atoms with E-state index in [0.717, 1.165) is 36.7 Å². The Morgan fingerprint density at radius 3 is 2.87 bits per heavy atom. The van der Waals surface area contributed by atoms with Crippen LogP contribution in [0.2, 0.25) is 0 Å². The molecule has 0 radical (unpaired) electrons. The van der Waals surface area contributed by atoms with Crippen molar-refractivity contribution in [3.8, 4) is 0 Å². The summed E-state index contributed by atoms with van der Waals surface area (Å²) in [4.78, 5) is 5.23. The Morgan fingerprint density at radius 1 is 1.22 bits per heavy atom. The first kappa shape index (κ1) is 16.6. The topological polar surface area (TPSA) is 49.2 Å². The molecule has 2 aliphatic heterocycles. The summed E-state index contributed by atoms with van der Waals surface area (Å²) < 4.78 is 1.83. The van der Waals surface area contributed by atoms with Gasteiger partial charge in [-0.1, -0.05) is 11.3 Å². The van der Waals surface area contributed by atoms with Crippen molar-refractivity contribution in [3.05, 3.63) is 23.8 Å². The summed E-state index contributed by atoms with van der Waals surface area (Å²) in [6.45, 7) is 8.09. The van der Waals surface area contributed by atoms with Crippen molar-refractivity contribution >= 4 is 23.4 Å². The van der Waals surface area contributed by atoms with E-state index < -0.39 is 0 Å². The fourth-order valence-corrected chi connectivity index (χ4v) is 3.74. The smallest absolute Gasteiger partial charge is 0.113 e. The van der Waals surface area contributed by atoms with Gasteiger partial charge < -0.3 is 5.32 Å². The van der Waals surface area contributed by atoms with Crippen molar-refractivity contribution in [2.45, 2.75) is 19.0 Å². The average Bonchev–Trinajstić information content (AvgIpc) is 3.16. The van der Waals surface area contributed by atoms with Crippen LogP contribution >= 0.6 is 12.4 Å². The lowest BCUT2D eigenvalue weighted by atomic mass is 10.2. The predicted molar refractivity (Wildman–Crippen MR) is 93.9 cm³/mol. The second-order valence-electron chi connectivity index (χ2n) is 6.50. The number of nitrogens with zero attached hydrogens (tertiary/aromatic N) is 5. The zero-order chi connectivity index (χ0) is 14.9. The molecule has 2 saturated heterocycles. The number of benzene rings is 1. The van der Waals surface area contributed by atoms with Crippen LogP contribution in [0.3, 0.4) is 0 Å². The highest BCUT2D eigenvalue weighted by Crippen LogP contribution is 2.20. The van der Waals surface area contributed by atoms with E-state index in [-0.39, 0.29) is 12.4 Å². The lowest BCUT2D eigenvalue weighted by Gasteiger charge is -2.32. The molecule has 1 atom stereocenters. The second-order valence-corrected chi connectivity index (χ2v) is 6.50. The summed E-state index contributed by atoms with van der Waals surface area (Å²) >= 11 is 0. The summed E-state index contributed by atoms with van der Waals surface area (Å²) in [5.41, 5.74) is 3.44. The average molecular weight is 337 g/mol. The Kier molecular flexibility index (Phi) is 5.16. The molecule has 3 heterocycles. The molecule has 0 amide bonds. The van der Waals surface area contributed by atoms with E-state index in [2.05, 4.69) is 43.6 Å². The van der Waals surface area contributed by atoms with Gasteiger partial charge in [-0.3, -0.25) is 9.80 Å². The van der Waals surface area contributed by atoms with Gasteiger partial charge in [0.05, 0.1) is 5.52 Å². The molecule has 23 heavy (non-hydrogen) atoms. The normalized spacial score (nSPS) is 23.3. The highest BCUT2D eigenvalue weighted by Gasteiger charge is 2.28. The molecular formula is C16H25ClN6. The van der Waals surface area contributed by atoms with E-state index in [1.165, 1.54) is 38.2 Å². The number of hydrogen-bond donors (Lipinski definition) is 1. The van der Waals surface area contributed by atoms with Crippen molar-refractivity contribution in [1.82, 2.24) is 30.1 Å². The molecule has 0 aliphatic carbocycles. The molecule has 1 aromatic heterocycles. The molecule has 2 aliphatic rings. The lowest BCUT2D eigenvalue weighted by molar-refractivity contribution is 0.170. The molecule has 1 N–H and O–H groups in total. The van der Waals surface area contributed by atoms with Crippen LogP contribution in [0.15, 0.2) is 18.2 Å². The lowest BCUT2D eigenvalue weighted by Crippen LogP contribution is -2.49. The minimum absolute atomic E-state index is 0. The molecule has 1 unspecified atom stereocenters. The Hall–Kier alpha value is -1.21. The Bertz CT molecular complexity index is 651. The summed E-state index contributed by atoms with van der Waals surface area (Å²) in [5, 5.41) is 11.7. The fraction of sp³-hybridized carbons (Fsp3) is 0.625. The van der Waals surface area contributed by atoms with Gasteiger partial charge in [-0.25, -0.2) is 4.68 Å². The zero-order valence-electron chi connectivity index (χ0n) is 13.6. The van der Waals surface area contributed by atoms with Gasteiger partial charge >= 0.3 is 0 Å². The van der Waals surface area contributed by atoms with E-state index in [0.29, 0.717) is 0 Å². The van der Waals surface area contributed by atoms with Crippen molar-refractivity contribution in [3.63, 3.8) is 0 Å². The number of likely N-dealkylation sites (tertiary alicyclic amines) is 1. The van der Waals surface area contributed by atoms with Gasteiger partial charge in [0.25, 0.3) is 0 Å². The van der Waals surface area contributed by atoms with Gasteiger partial charge in [0, 0.05) is 58.9 Å². The number of hydrogen-bond acceptors (Lipinski definition) is 5. The molecule has 0 saturated carbocycles. The fourth-order valence-electron chi connectivity index (χ4n) is 3.74. The van der Waals surface area contributed by atoms with Gasteiger partial charge in [0.1, 0.15) is 5.52 Å². The van der Waals surface area contributed by atoms with Crippen LogP contribution in [-0.4, -0.2) is 70.1 Å². The van der Waals surface area contributed by atoms with Gasteiger partial charge in [-0.2, -0.15) is 0 Å². The summed E-state index contributed by atoms with van der Waals surface area (Å²) in [6, 6.07) is 7.26. The van der Waals surface area contributed by atoms with Crippen molar-refractivity contribution < 1.29 is 0 Å². The Balaban J connectivity index is 0.00000156. The van der Waals surface area contributed by atoms with Crippen LogP contribution < -0.4 is 5.32 Å². The molecule has 126 valence electrons. The van der Waals surface area contributed by atoms with Crippen LogP contribution in [0.4, 0.5) is 0 Å². The van der Waals surface area contributed by atoms with E-state index in [1.807, 2.05) is 11.7 Å². The molecule has 4 rings (SSSR count). The summed E-state index contributed by atoms with van der Waals surface area (Å²) in [7, 11) is 1.94. The number of piperazine rings is 1. The third-order valence-electron chi connectivity index (χ3n) is 5.00. The first-order valence-corrected chi connectivity index (χ1v) is 8.25. The first-order chi connectivity index (χ1) is 10.8. The summed E-state index contributed by atoms with van der Waals surface area (Å²) in [5.74, 6) is 0. The third kappa shape index (κ3) is 3.50. The minimum atomic E-state index is 0. The van der Waals surface area contributed by atoms with Crippen LogP contribution in [0.25, 0.3) is 11.0 Å². The van der Waals surface area contributed by atoms with Crippen molar-refractivity contribution in [2.24, 2.45) is 7.05 Å². The summed E-state index contributed by atoms with van der Waals surface area (Å²) in [6.07, 6.45) is 1.30. The molecule has 2 aromatic rings. The van der Waals surface area contributed by atoms with Gasteiger partial charge in [-0.15, -0.1) is 17.5 Å². The second kappa shape index (κ2) is 7.13. The molecule has 7 heteroatoms. The maximum absolute atomic E-state index is 4.22. The number of rotatable bonds is 3. The highest BCUT2D eigenvalue weighted by molar-refractivity contribution is 5.85. The van der Waals surface area contributed by atoms with Gasteiger partial charge in [-0.05, 0) is 24.1 Å². The standard InChI is InChI=1S/C16H24N6.ClH/c1-20-16-3-2-13(10-15(16)18-19-20)11-21-7-4-14(12-21)22-8-5-17-6-9-22;/h2-3,10,14,17H,4-9,11-12H2,1H3;1H. The van der Waals surface area contributed by atoms with Crippen LogP contribution in [-0.2, 0) is 13.6 Å². The number of halogens is 1. The highest BCUT2D eigenvalue weighted by atomic mass is 35.5. The third-order valence-corrected chi connectivity index (χ3v) is 5.00. The number of nitrogens with one attached hydrogen (secondary N) is 1. The van der Waals surface area contributed by atoms with E-state index in [9.17, 15) is 0 Å². The minimum Gasteiger partial charge on any atom is -0.314 e. The molecule has 6 nitrogen and oxygen atoms in total. The SMILES string of the molecule is Cl.Cn1nnc2cc(CN3CCC(N4CCNCC4)C3)ccc21. The number of fused-ring (bicyclic) bond motifs is 1. The zero-order valence-corrected chi connectivity index (χ0v) is 14.4. The number of aromatic nitrogens is 3. The maximum Gasteiger partial charge on any atom is 0.113 e. The molecule has 2 fully saturated rings. The first-order valence-electron chi connectivity index (χ1n) is 8.25. The Labute approximate surface area is 143 Å². The molecule has 0 spiro atoms. The quantitative estimate of drug-likeness (QED) is 0.901. The maximum atomic E-state index is 4.22. The van der Waals surface area contributed by atoms with Crippen LogP contribution in [0.5, 0.6) is 0 Å². The largest absolute Gasteiger partial charge is 0.314 e. The molecule has 0 bridgehead atoms. The van der Waals surface area contributed by atoms with E-state index >= 15 is 0 Å². The number of aryl methyl sites for hydroxylation is 1.